The molecule has 1 aromatic rings. The minimum atomic E-state index is -3.50. The Labute approximate surface area is 119 Å². The lowest BCUT2D eigenvalue weighted by Crippen LogP contribution is -2.33. The van der Waals surface area contributed by atoms with Crippen LogP contribution in [0.1, 0.15) is 12.5 Å². The molecule has 3 N–H and O–H groups in total. The molecule has 0 aromatic heterocycles. The molecule has 0 heterocycles. The molecule has 19 heavy (non-hydrogen) atoms. The van der Waals surface area contributed by atoms with Gasteiger partial charge in [0.25, 0.3) is 0 Å². The zero-order chi connectivity index (χ0) is 14.5. The lowest BCUT2D eigenvalue weighted by atomic mass is 10.2. The maximum absolute atomic E-state index is 12.1. The normalized spacial score (nSPS) is 12.1. The van der Waals surface area contributed by atoms with Gasteiger partial charge in [-0.1, -0.05) is 18.5 Å². The summed E-state index contributed by atoms with van der Waals surface area (Å²) < 4.78 is 26.7. The van der Waals surface area contributed by atoms with E-state index in [1.54, 1.807) is 6.07 Å². The second-order valence-corrected chi connectivity index (χ2v) is 6.43. The van der Waals surface area contributed by atoms with E-state index in [4.69, 9.17) is 17.3 Å². The Hall–Kier alpha value is -0.660. The van der Waals surface area contributed by atoms with Gasteiger partial charge in [-0.05, 0) is 37.4 Å². The molecule has 0 spiro atoms. The summed E-state index contributed by atoms with van der Waals surface area (Å²) in [6, 6.07) is 4.54. The van der Waals surface area contributed by atoms with Crippen LogP contribution < -0.4 is 10.5 Å². The lowest BCUT2D eigenvalue weighted by molar-refractivity contribution is 0.358. The van der Waals surface area contributed by atoms with Crippen LogP contribution in [0.2, 0.25) is 5.02 Å². The standard InChI is InChI=1S/C12H20ClN3O2S/c1-3-16(2)7-6-15-19(17,18)11-4-5-12(13)10(8-11)9-14/h4-5,8,15H,3,6-7,9,14H2,1-2H3. The Morgan fingerprint density at radius 3 is 2.68 bits per heavy atom. The number of rotatable bonds is 7. The topological polar surface area (TPSA) is 75.4 Å². The third kappa shape index (κ3) is 4.74. The number of hydrogen-bond donors (Lipinski definition) is 2. The molecule has 0 bridgehead atoms. The van der Waals surface area contributed by atoms with Gasteiger partial charge in [0.1, 0.15) is 0 Å². The quantitative estimate of drug-likeness (QED) is 0.789. The summed E-state index contributed by atoms with van der Waals surface area (Å²) in [6.07, 6.45) is 0. The maximum Gasteiger partial charge on any atom is 0.240 e. The number of likely N-dealkylation sites (N-methyl/N-ethyl adjacent to an activating group) is 1. The Balaban J connectivity index is 2.77. The van der Waals surface area contributed by atoms with Crippen molar-refractivity contribution in [3.8, 4) is 0 Å². The van der Waals surface area contributed by atoms with Crippen LogP contribution in [-0.4, -0.2) is 40.0 Å². The summed E-state index contributed by atoms with van der Waals surface area (Å²) in [5, 5.41) is 0.479. The van der Waals surface area contributed by atoms with E-state index in [9.17, 15) is 8.42 Å². The average molecular weight is 306 g/mol. The molecule has 0 aliphatic heterocycles. The highest BCUT2D eigenvalue weighted by Crippen LogP contribution is 2.19. The number of nitrogens with one attached hydrogen (secondary N) is 1. The minimum absolute atomic E-state index is 0.191. The van der Waals surface area contributed by atoms with Gasteiger partial charge in [0.15, 0.2) is 0 Å². The third-order valence-electron chi connectivity index (χ3n) is 2.87. The van der Waals surface area contributed by atoms with Crippen molar-refractivity contribution in [2.75, 3.05) is 26.7 Å². The molecule has 0 amide bonds. The highest BCUT2D eigenvalue weighted by Gasteiger charge is 2.15. The molecule has 0 aliphatic carbocycles. The van der Waals surface area contributed by atoms with E-state index in [2.05, 4.69) is 4.72 Å². The van der Waals surface area contributed by atoms with E-state index >= 15 is 0 Å². The van der Waals surface area contributed by atoms with Gasteiger partial charge in [-0.3, -0.25) is 0 Å². The van der Waals surface area contributed by atoms with Crippen LogP contribution in [0.15, 0.2) is 23.1 Å². The molecule has 7 heteroatoms. The Morgan fingerprint density at radius 1 is 1.42 bits per heavy atom. The minimum Gasteiger partial charge on any atom is -0.326 e. The molecular weight excluding hydrogens is 286 g/mol. The molecule has 0 atom stereocenters. The van der Waals surface area contributed by atoms with Crippen molar-refractivity contribution < 1.29 is 8.42 Å². The summed E-state index contributed by atoms with van der Waals surface area (Å²) in [7, 11) is -1.57. The van der Waals surface area contributed by atoms with Gasteiger partial charge in [0, 0.05) is 24.7 Å². The molecule has 0 radical (unpaired) electrons. The predicted molar refractivity (Wildman–Crippen MR) is 77.7 cm³/mol. The van der Waals surface area contributed by atoms with Crippen molar-refractivity contribution in [3.05, 3.63) is 28.8 Å². The molecule has 1 rings (SSSR count). The Bertz CT molecular complexity index is 520. The van der Waals surface area contributed by atoms with Crippen molar-refractivity contribution in [2.24, 2.45) is 5.73 Å². The molecule has 0 saturated heterocycles. The summed E-state index contributed by atoms with van der Waals surface area (Å²) in [5.41, 5.74) is 6.13. The SMILES string of the molecule is CCN(C)CCNS(=O)(=O)c1ccc(Cl)c(CN)c1. The van der Waals surface area contributed by atoms with E-state index in [0.29, 0.717) is 23.7 Å². The Morgan fingerprint density at radius 2 is 2.11 bits per heavy atom. The van der Waals surface area contributed by atoms with Gasteiger partial charge in [-0.15, -0.1) is 0 Å². The number of hydrogen-bond acceptors (Lipinski definition) is 4. The first-order valence-electron chi connectivity index (χ1n) is 6.07. The predicted octanol–water partition coefficient (Wildman–Crippen LogP) is 1.03. The molecule has 0 unspecified atom stereocenters. The largest absolute Gasteiger partial charge is 0.326 e. The summed E-state index contributed by atoms with van der Waals surface area (Å²) in [6.45, 7) is 4.13. The average Bonchev–Trinajstić information content (AvgIpc) is 2.38. The van der Waals surface area contributed by atoms with Crippen molar-refractivity contribution >= 4 is 21.6 Å². The first-order valence-corrected chi connectivity index (χ1v) is 7.93. The van der Waals surface area contributed by atoms with E-state index in [0.717, 1.165) is 6.54 Å². The highest BCUT2D eigenvalue weighted by molar-refractivity contribution is 7.89. The fraction of sp³-hybridized carbons (Fsp3) is 0.500. The molecule has 0 aliphatic rings. The van der Waals surface area contributed by atoms with Gasteiger partial charge >= 0.3 is 0 Å². The van der Waals surface area contributed by atoms with Crippen LogP contribution >= 0.6 is 11.6 Å². The van der Waals surface area contributed by atoms with Crippen LogP contribution in [0.4, 0.5) is 0 Å². The molecule has 0 fully saturated rings. The molecular formula is C12H20ClN3O2S. The number of sulfonamides is 1. The summed E-state index contributed by atoms with van der Waals surface area (Å²) in [4.78, 5) is 2.21. The number of halogens is 1. The Kier molecular flexibility index (Phi) is 6.22. The lowest BCUT2D eigenvalue weighted by Gasteiger charge is -2.14. The van der Waals surface area contributed by atoms with Gasteiger partial charge < -0.3 is 10.6 Å². The highest BCUT2D eigenvalue weighted by atomic mass is 35.5. The van der Waals surface area contributed by atoms with Gasteiger partial charge in [0.05, 0.1) is 4.90 Å². The van der Waals surface area contributed by atoms with E-state index in [1.165, 1.54) is 12.1 Å². The van der Waals surface area contributed by atoms with E-state index in [-0.39, 0.29) is 11.4 Å². The van der Waals surface area contributed by atoms with Gasteiger partial charge in [-0.25, -0.2) is 13.1 Å². The zero-order valence-electron chi connectivity index (χ0n) is 11.2. The number of benzene rings is 1. The van der Waals surface area contributed by atoms with Crippen molar-refractivity contribution in [2.45, 2.75) is 18.4 Å². The molecule has 0 saturated carbocycles. The van der Waals surface area contributed by atoms with Crippen molar-refractivity contribution in [1.29, 1.82) is 0 Å². The first kappa shape index (κ1) is 16.4. The van der Waals surface area contributed by atoms with Gasteiger partial charge in [-0.2, -0.15) is 0 Å². The fourth-order valence-electron chi connectivity index (χ4n) is 1.49. The zero-order valence-corrected chi connectivity index (χ0v) is 12.8. The van der Waals surface area contributed by atoms with Crippen LogP contribution in [0.5, 0.6) is 0 Å². The maximum atomic E-state index is 12.1. The van der Waals surface area contributed by atoms with Crippen LogP contribution in [0.3, 0.4) is 0 Å². The summed E-state index contributed by atoms with van der Waals surface area (Å²) >= 11 is 5.91. The summed E-state index contributed by atoms with van der Waals surface area (Å²) in [5.74, 6) is 0. The monoisotopic (exact) mass is 305 g/mol. The van der Waals surface area contributed by atoms with E-state index < -0.39 is 10.0 Å². The van der Waals surface area contributed by atoms with Crippen molar-refractivity contribution in [1.82, 2.24) is 9.62 Å². The molecule has 5 nitrogen and oxygen atoms in total. The molecule has 108 valence electrons. The second-order valence-electron chi connectivity index (χ2n) is 4.25. The van der Waals surface area contributed by atoms with Gasteiger partial charge in [0.2, 0.25) is 10.0 Å². The molecule has 1 aromatic carbocycles. The fourth-order valence-corrected chi connectivity index (χ4v) is 2.75. The first-order chi connectivity index (χ1) is 8.90. The smallest absolute Gasteiger partial charge is 0.240 e. The third-order valence-corrected chi connectivity index (χ3v) is 4.70. The van der Waals surface area contributed by atoms with Crippen LogP contribution in [0.25, 0.3) is 0 Å². The van der Waals surface area contributed by atoms with Crippen LogP contribution in [0, 0.1) is 0 Å². The number of nitrogens with two attached hydrogens (primary N) is 1. The number of nitrogens with zero attached hydrogens (tertiary/aromatic N) is 1. The van der Waals surface area contributed by atoms with E-state index in [1.807, 2.05) is 18.9 Å². The van der Waals surface area contributed by atoms with Crippen LogP contribution in [-0.2, 0) is 16.6 Å². The second kappa shape index (κ2) is 7.21. The van der Waals surface area contributed by atoms with Crippen molar-refractivity contribution in [3.63, 3.8) is 0 Å².